The first-order valence-corrected chi connectivity index (χ1v) is 6.47. The van der Waals surface area contributed by atoms with Crippen molar-refractivity contribution >= 4 is 23.2 Å². The van der Waals surface area contributed by atoms with Crippen LogP contribution in [0.3, 0.4) is 0 Å². The first kappa shape index (κ1) is 14.7. The molecule has 1 aromatic carbocycles. The molecule has 0 atom stereocenters. The van der Waals surface area contributed by atoms with E-state index >= 15 is 0 Å². The SMILES string of the molecule is CC(C)(C)/C(=N/NC(=O)CCCl)c1ccccc1. The minimum atomic E-state index is -0.164. The fourth-order valence-electron chi connectivity index (χ4n) is 1.52. The van der Waals surface area contributed by atoms with E-state index in [1.165, 1.54) is 0 Å². The largest absolute Gasteiger partial charge is 0.273 e. The Balaban J connectivity index is 2.94. The predicted octanol–water partition coefficient (Wildman–Crippen LogP) is 3.18. The summed E-state index contributed by atoms with van der Waals surface area (Å²) in [5.41, 5.74) is 4.27. The molecule has 0 heterocycles. The number of hydrazone groups is 1. The van der Waals surface area contributed by atoms with Crippen molar-refractivity contribution in [2.75, 3.05) is 5.88 Å². The quantitative estimate of drug-likeness (QED) is 0.508. The Morgan fingerprint density at radius 3 is 2.39 bits per heavy atom. The molecule has 0 saturated heterocycles. The topological polar surface area (TPSA) is 41.5 Å². The van der Waals surface area contributed by atoms with Gasteiger partial charge >= 0.3 is 0 Å². The summed E-state index contributed by atoms with van der Waals surface area (Å²) in [6.07, 6.45) is 0.275. The first-order valence-electron chi connectivity index (χ1n) is 5.93. The van der Waals surface area contributed by atoms with Crippen molar-refractivity contribution in [2.24, 2.45) is 10.5 Å². The summed E-state index contributed by atoms with van der Waals surface area (Å²) in [5.74, 6) is 0.139. The van der Waals surface area contributed by atoms with Gasteiger partial charge in [-0.3, -0.25) is 4.79 Å². The third kappa shape index (κ3) is 4.49. The van der Waals surface area contributed by atoms with Crippen LogP contribution in [0, 0.1) is 5.41 Å². The minimum absolute atomic E-state index is 0.143. The van der Waals surface area contributed by atoms with Gasteiger partial charge in [0.05, 0.1) is 5.71 Å². The summed E-state index contributed by atoms with van der Waals surface area (Å²) in [5, 5.41) is 4.24. The van der Waals surface area contributed by atoms with Crippen molar-refractivity contribution in [3.8, 4) is 0 Å². The van der Waals surface area contributed by atoms with Crippen LogP contribution in [0.25, 0.3) is 0 Å². The monoisotopic (exact) mass is 266 g/mol. The van der Waals surface area contributed by atoms with Gasteiger partial charge < -0.3 is 0 Å². The van der Waals surface area contributed by atoms with Crippen molar-refractivity contribution < 1.29 is 4.79 Å². The molecule has 0 aliphatic carbocycles. The molecule has 0 radical (unpaired) electrons. The lowest BCUT2D eigenvalue weighted by Gasteiger charge is -2.21. The van der Waals surface area contributed by atoms with Gasteiger partial charge in [0.1, 0.15) is 0 Å². The highest BCUT2D eigenvalue weighted by Crippen LogP contribution is 2.21. The molecule has 1 aromatic rings. The van der Waals surface area contributed by atoms with Gasteiger partial charge in [-0.1, -0.05) is 51.1 Å². The lowest BCUT2D eigenvalue weighted by atomic mass is 9.86. The van der Waals surface area contributed by atoms with E-state index in [1.807, 2.05) is 30.3 Å². The van der Waals surface area contributed by atoms with Crippen LogP contribution in [0.15, 0.2) is 35.4 Å². The summed E-state index contributed by atoms with van der Waals surface area (Å²) >= 11 is 5.51. The van der Waals surface area contributed by atoms with Gasteiger partial charge in [0.15, 0.2) is 0 Å². The fourth-order valence-corrected chi connectivity index (χ4v) is 1.69. The first-order chi connectivity index (χ1) is 8.45. The van der Waals surface area contributed by atoms with E-state index in [0.29, 0.717) is 5.88 Å². The summed E-state index contributed by atoms with van der Waals surface area (Å²) in [4.78, 5) is 11.4. The molecule has 0 aliphatic rings. The molecule has 1 rings (SSSR count). The van der Waals surface area contributed by atoms with E-state index in [1.54, 1.807) is 0 Å². The van der Waals surface area contributed by atoms with Crippen LogP contribution in [0.1, 0.15) is 32.8 Å². The van der Waals surface area contributed by atoms with Crippen LogP contribution in [0.2, 0.25) is 0 Å². The van der Waals surface area contributed by atoms with E-state index in [9.17, 15) is 4.79 Å². The van der Waals surface area contributed by atoms with E-state index in [2.05, 4.69) is 31.3 Å². The van der Waals surface area contributed by atoms with Gasteiger partial charge in [-0.15, -0.1) is 11.6 Å². The van der Waals surface area contributed by atoms with Crippen molar-refractivity contribution in [1.82, 2.24) is 5.43 Å². The molecule has 1 amide bonds. The highest BCUT2D eigenvalue weighted by atomic mass is 35.5. The van der Waals surface area contributed by atoms with E-state index in [4.69, 9.17) is 11.6 Å². The Hall–Kier alpha value is -1.35. The number of alkyl halides is 1. The zero-order valence-corrected chi connectivity index (χ0v) is 11.8. The third-order valence-electron chi connectivity index (χ3n) is 2.37. The summed E-state index contributed by atoms with van der Waals surface area (Å²) in [6, 6.07) is 9.83. The zero-order valence-electron chi connectivity index (χ0n) is 11.0. The van der Waals surface area contributed by atoms with Crippen molar-refractivity contribution in [2.45, 2.75) is 27.2 Å². The van der Waals surface area contributed by atoms with Crippen LogP contribution >= 0.6 is 11.6 Å². The molecule has 0 fully saturated rings. The number of hydrogen-bond acceptors (Lipinski definition) is 2. The smallest absolute Gasteiger partial charge is 0.241 e. The average molecular weight is 267 g/mol. The van der Waals surface area contributed by atoms with Crippen molar-refractivity contribution in [1.29, 1.82) is 0 Å². The molecule has 1 N–H and O–H groups in total. The summed E-state index contributed by atoms with van der Waals surface area (Å²) < 4.78 is 0. The number of benzene rings is 1. The molecule has 0 bridgehead atoms. The van der Waals surface area contributed by atoms with E-state index < -0.39 is 0 Å². The number of rotatable bonds is 4. The molecule has 18 heavy (non-hydrogen) atoms. The highest BCUT2D eigenvalue weighted by molar-refractivity contribution is 6.18. The van der Waals surface area contributed by atoms with Gasteiger partial charge in [-0.25, -0.2) is 5.43 Å². The van der Waals surface area contributed by atoms with Gasteiger partial charge in [0, 0.05) is 17.7 Å². The summed E-state index contributed by atoms with van der Waals surface area (Å²) in [7, 11) is 0. The molecular formula is C14H19ClN2O. The van der Waals surface area contributed by atoms with Gasteiger partial charge in [-0.05, 0) is 5.56 Å². The van der Waals surface area contributed by atoms with E-state index in [0.717, 1.165) is 11.3 Å². The van der Waals surface area contributed by atoms with Crippen LogP contribution in [0.4, 0.5) is 0 Å². The molecule has 98 valence electrons. The Morgan fingerprint density at radius 2 is 1.89 bits per heavy atom. The van der Waals surface area contributed by atoms with Gasteiger partial charge in [-0.2, -0.15) is 5.10 Å². The lowest BCUT2D eigenvalue weighted by Crippen LogP contribution is -2.27. The average Bonchev–Trinajstić information content (AvgIpc) is 2.29. The number of carbonyl (C=O) groups is 1. The molecule has 0 aromatic heterocycles. The maximum atomic E-state index is 11.4. The molecule has 3 nitrogen and oxygen atoms in total. The fraction of sp³-hybridized carbons (Fsp3) is 0.429. The molecule has 0 spiro atoms. The molecular weight excluding hydrogens is 248 g/mol. The number of nitrogens with one attached hydrogen (secondary N) is 1. The minimum Gasteiger partial charge on any atom is -0.273 e. The number of halogens is 1. The van der Waals surface area contributed by atoms with Gasteiger partial charge in [0.2, 0.25) is 5.91 Å². The predicted molar refractivity (Wildman–Crippen MR) is 75.9 cm³/mol. The normalized spacial score (nSPS) is 12.3. The van der Waals surface area contributed by atoms with Crippen LogP contribution < -0.4 is 5.43 Å². The Morgan fingerprint density at radius 1 is 1.28 bits per heavy atom. The standard InChI is InChI=1S/C14H19ClN2O/c1-14(2,3)13(11-7-5-4-6-8-11)17-16-12(18)9-10-15/h4-8H,9-10H2,1-3H3,(H,16,18)/b17-13+. The van der Waals surface area contributed by atoms with Crippen molar-refractivity contribution in [3.63, 3.8) is 0 Å². The molecule has 0 aliphatic heterocycles. The summed E-state index contributed by atoms with van der Waals surface area (Å²) in [6.45, 7) is 6.19. The maximum absolute atomic E-state index is 11.4. The second kappa shape index (κ2) is 6.55. The maximum Gasteiger partial charge on any atom is 0.241 e. The highest BCUT2D eigenvalue weighted by Gasteiger charge is 2.21. The molecule has 0 saturated carbocycles. The molecule has 0 unspecified atom stereocenters. The van der Waals surface area contributed by atoms with Crippen LogP contribution in [-0.2, 0) is 4.79 Å². The number of carbonyl (C=O) groups excluding carboxylic acids is 1. The van der Waals surface area contributed by atoms with Crippen LogP contribution in [-0.4, -0.2) is 17.5 Å². The lowest BCUT2D eigenvalue weighted by molar-refractivity contribution is -0.120. The second-order valence-electron chi connectivity index (χ2n) is 5.05. The van der Waals surface area contributed by atoms with Crippen LogP contribution in [0.5, 0.6) is 0 Å². The third-order valence-corrected chi connectivity index (χ3v) is 2.56. The van der Waals surface area contributed by atoms with E-state index in [-0.39, 0.29) is 17.7 Å². The number of amides is 1. The number of nitrogens with zero attached hydrogens (tertiary/aromatic N) is 1. The van der Waals surface area contributed by atoms with Crippen molar-refractivity contribution in [3.05, 3.63) is 35.9 Å². The molecule has 4 heteroatoms. The Bertz CT molecular complexity index is 421. The Labute approximate surface area is 113 Å². The van der Waals surface area contributed by atoms with Gasteiger partial charge in [0.25, 0.3) is 0 Å². The second-order valence-corrected chi connectivity index (χ2v) is 5.43. The Kier molecular flexibility index (Phi) is 5.35. The number of hydrogen-bond donors (Lipinski definition) is 1. The zero-order chi connectivity index (χ0) is 13.6.